The molecule has 1 aromatic carbocycles. The van der Waals surface area contributed by atoms with Gasteiger partial charge in [0.1, 0.15) is 11.6 Å². The summed E-state index contributed by atoms with van der Waals surface area (Å²) in [6, 6.07) is 5.78. The van der Waals surface area contributed by atoms with Crippen LogP contribution in [0.25, 0.3) is 0 Å². The quantitative estimate of drug-likeness (QED) is 0.624. The van der Waals surface area contributed by atoms with Crippen molar-refractivity contribution in [3.63, 3.8) is 0 Å². The van der Waals surface area contributed by atoms with Gasteiger partial charge >= 0.3 is 0 Å². The molecule has 0 bridgehead atoms. The number of anilines is 1. The third-order valence-corrected chi connectivity index (χ3v) is 5.16. The standard InChI is InChI=1S/C19H23F2N3O2/c1-12-17(7-10-23-18(12)24-22)26-14-5-8-19(25-2,9-6-14)13-3-4-15(20)16(21)11-13/h3-4,7,10-11,14H,5-6,8-9,22H2,1-2H3,(H,23,24). The monoisotopic (exact) mass is 363 g/mol. The molecule has 0 spiro atoms. The summed E-state index contributed by atoms with van der Waals surface area (Å²) in [6.07, 6.45) is 4.44. The van der Waals surface area contributed by atoms with Gasteiger partial charge in [-0.1, -0.05) is 6.07 Å². The van der Waals surface area contributed by atoms with Crippen LogP contribution in [0.2, 0.25) is 0 Å². The van der Waals surface area contributed by atoms with E-state index in [1.54, 1.807) is 19.4 Å². The number of hydrogen-bond donors (Lipinski definition) is 2. The van der Waals surface area contributed by atoms with Crippen LogP contribution in [0.1, 0.15) is 36.8 Å². The number of halogens is 2. The molecule has 26 heavy (non-hydrogen) atoms. The summed E-state index contributed by atoms with van der Waals surface area (Å²) in [4.78, 5) is 4.14. The Morgan fingerprint density at radius 2 is 1.92 bits per heavy atom. The molecule has 3 rings (SSSR count). The summed E-state index contributed by atoms with van der Waals surface area (Å²) in [5.74, 6) is 5.05. The van der Waals surface area contributed by atoms with Gasteiger partial charge in [-0.25, -0.2) is 19.6 Å². The van der Waals surface area contributed by atoms with E-state index < -0.39 is 17.2 Å². The smallest absolute Gasteiger partial charge is 0.159 e. The average Bonchev–Trinajstić information content (AvgIpc) is 2.66. The molecule has 2 aromatic rings. The Bertz CT molecular complexity index is 777. The summed E-state index contributed by atoms with van der Waals surface area (Å²) in [5.41, 5.74) is 3.44. The van der Waals surface area contributed by atoms with E-state index in [0.717, 1.165) is 30.2 Å². The minimum absolute atomic E-state index is 0.00953. The first-order valence-electron chi connectivity index (χ1n) is 8.58. The molecular weight excluding hydrogens is 340 g/mol. The molecule has 3 N–H and O–H groups in total. The first-order chi connectivity index (χ1) is 12.5. The van der Waals surface area contributed by atoms with Gasteiger partial charge in [-0.3, -0.25) is 0 Å². The van der Waals surface area contributed by atoms with Crippen LogP contribution in [0.15, 0.2) is 30.5 Å². The van der Waals surface area contributed by atoms with E-state index in [1.807, 2.05) is 13.0 Å². The fourth-order valence-electron chi connectivity index (χ4n) is 3.54. The zero-order chi connectivity index (χ0) is 18.7. The lowest BCUT2D eigenvalue weighted by atomic mass is 9.78. The first kappa shape index (κ1) is 18.5. The largest absolute Gasteiger partial charge is 0.490 e. The molecule has 140 valence electrons. The Balaban J connectivity index is 1.72. The van der Waals surface area contributed by atoms with Crippen molar-refractivity contribution in [2.24, 2.45) is 5.84 Å². The van der Waals surface area contributed by atoms with Crippen LogP contribution in [-0.4, -0.2) is 18.2 Å². The molecule has 0 saturated heterocycles. The van der Waals surface area contributed by atoms with Crippen LogP contribution >= 0.6 is 0 Å². The van der Waals surface area contributed by atoms with Crippen molar-refractivity contribution < 1.29 is 18.3 Å². The number of nitrogens with zero attached hydrogens (tertiary/aromatic N) is 1. The summed E-state index contributed by atoms with van der Waals surface area (Å²) < 4.78 is 38.7. The predicted molar refractivity (Wildman–Crippen MR) is 94.7 cm³/mol. The van der Waals surface area contributed by atoms with E-state index in [1.165, 1.54) is 6.07 Å². The Kier molecular flexibility index (Phi) is 5.38. The van der Waals surface area contributed by atoms with E-state index in [9.17, 15) is 8.78 Å². The number of nitrogen functional groups attached to an aromatic ring is 1. The highest BCUT2D eigenvalue weighted by Crippen LogP contribution is 2.41. The summed E-state index contributed by atoms with van der Waals surface area (Å²) in [5, 5.41) is 0. The van der Waals surface area contributed by atoms with Crippen molar-refractivity contribution in [2.75, 3.05) is 12.5 Å². The van der Waals surface area contributed by atoms with Crippen molar-refractivity contribution in [2.45, 2.75) is 44.3 Å². The highest BCUT2D eigenvalue weighted by atomic mass is 19.2. The second kappa shape index (κ2) is 7.55. The third kappa shape index (κ3) is 3.50. The molecule has 0 atom stereocenters. The minimum atomic E-state index is -0.855. The second-order valence-corrected chi connectivity index (χ2v) is 6.57. The maximum atomic E-state index is 13.6. The highest BCUT2D eigenvalue weighted by molar-refractivity contribution is 5.49. The van der Waals surface area contributed by atoms with E-state index in [0.29, 0.717) is 24.2 Å². The van der Waals surface area contributed by atoms with Crippen LogP contribution in [0.3, 0.4) is 0 Å². The Labute approximate surface area is 151 Å². The molecule has 1 saturated carbocycles. The third-order valence-electron chi connectivity index (χ3n) is 5.16. The highest BCUT2D eigenvalue weighted by Gasteiger charge is 2.38. The second-order valence-electron chi connectivity index (χ2n) is 6.57. The van der Waals surface area contributed by atoms with E-state index in [4.69, 9.17) is 15.3 Å². The summed E-state index contributed by atoms with van der Waals surface area (Å²) in [6.45, 7) is 1.89. The van der Waals surface area contributed by atoms with Crippen molar-refractivity contribution in [3.8, 4) is 5.75 Å². The average molecular weight is 363 g/mol. The predicted octanol–water partition coefficient (Wildman–Crippen LogP) is 3.82. The number of rotatable bonds is 5. The van der Waals surface area contributed by atoms with Gasteiger partial charge in [0.2, 0.25) is 0 Å². The zero-order valence-electron chi connectivity index (χ0n) is 14.9. The zero-order valence-corrected chi connectivity index (χ0v) is 14.9. The number of benzene rings is 1. The molecule has 0 unspecified atom stereocenters. The van der Waals surface area contributed by atoms with Crippen LogP contribution in [0.5, 0.6) is 5.75 Å². The molecule has 1 fully saturated rings. The van der Waals surface area contributed by atoms with Gasteiger partial charge in [0.05, 0.1) is 11.7 Å². The molecule has 1 aliphatic rings. The topological polar surface area (TPSA) is 69.4 Å². The number of hydrogen-bond acceptors (Lipinski definition) is 5. The molecule has 1 heterocycles. The van der Waals surface area contributed by atoms with Crippen LogP contribution in [-0.2, 0) is 10.3 Å². The summed E-state index contributed by atoms with van der Waals surface area (Å²) in [7, 11) is 1.61. The van der Waals surface area contributed by atoms with Gasteiger partial charge in [-0.05, 0) is 56.4 Å². The maximum Gasteiger partial charge on any atom is 0.159 e. The minimum Gasteiger partial charge on any atom is -0.490 e. The first-order valence-corrected chi connectivity index (χ1v) is 8.58. The van der Waals surface area contributed by atoms with Gasteiger partial charge in [0, 0.05) is 18.9 Å². The van der Waals surface area contributed by atoms with E-state index in [2.05, 4.69) is 10.4 Å². The number of nitrogens with one attached hydrogen (secondary N) is 1. The molecule has 0 amide bonds. The number of nitrogens with two attached hydrogens (primary N) is 1. The lowest BCUT2D eigenvalue weighted by Gasteiger charge is -2.39. The van der Waals surface area contributed by atoms with Crippen LogP contribution < -0.4 is 16.0 Å². The van der Waals surface area contributed by atoms with Gasteiger partial charge in [-0.2, -0.15) is 0 Å². The van der Waals surface area contributed by atoms with Gasteiger partial charge in [0.25, 0.3) is 0 Å². The lowest BCUT2D eigenvalue weighted by molar-refractivity contribution is -0.0652. The number of pyridine rings is 1. The van der Waals surface area contributed by atoms with Crippen LogP contribution in [0.4, 0.5) is 14.6 Å². The van der Waals surface area contributed by atoms with Crippen molar-refractivity contribution >= 4 is 5.82 Å². The molecule has 7 heteroatoms. The molecule has 5 nitrogen and oxygen atoms in total. The Morgan fingerprint density at radius 1 is 1.19 bits per heavy atom. The molecular formula is C19H23F2N3O2. The van der Waals surface area contributed by atoms with E-state index in [-0.39, 0.29) is 6.10 Å². The van der Waals surface area contributed by atoms with Crippen molar-refractivity contribution in [1.82, 2.24) is 4.98 Å². The SMILES string of the molecule is COC1(c2ccc(F)c(F)c2)CCC(Oc2ccnc(NN)c2C)CC1. The Morgan fingerprint density at radius 3 is 2.54 bits per heavy atom. The lowest BCUT2D eigenvalue weighted by Crippen LogP contribution is -2.37. The number of ether oxygens (including phenoxy) is 2. The maximum absolute atomic E-state index is 13.6. The van der Waals surface area contributed by atoms with Crippen molar-refractivity contribution in [1.29, 1.82) is 0 Å². The summed E-state index contributed by atoms with van der Waals surface area (Å²) >= 11 is 0. The van der Waals surface area contributed by atoms with Gasteiger partial charge < -0.3 is 14.9 Å². The van der Waals surface area contributed by atoms with Crippen LogP contribution in [0, 0.1) is 18.6 Å². The number of aromatic nitrogens is 1. The molecule has 1 aromatic heterocycles. The normalized spacial score (nSPS) is 22.9. The fourth-order valence-corrected chi connectivity index (χ4v) is 3.54. The molecule has 0 radical (unpaired) electrons. The Hall–Kier alpha value is -2.25. The molecule has 0 aliphatic heterocycles. The van der Waals surface area contributed by atoms with Gasteiger partial charge in [-0.15, -0.1) is 0 Å². The van der Waals surface area contributed by atoms with E-state index >= 15 is 0 Å². The fraction of sp³-hybridized carbons (Fsp3) is 0.421. The number of methoxy groups -OCH3 is 1. The van der Waals surface area contributed by atoms with Gasteiger partial charge in [0.15, 0.2) is 11.6 Å². The van der Waals surface area contributed by atoms with Crippen molar-refractivity contribution in [3.05, 3.63) is 53.2 Å². The number of hydrazine groups is 1. The molecule has 1 aliphatic carbocycles.